The fraction of sp³-hybridized carbons (Fsp3) is 1.00. The lowest BCUT2D eigenvalue weighted by Gasteiger charge is -2.51. The Bertz CT molecular complexity index is 334. The van der Waals surface area contributed by atoms with Crippen LogP contribution in [0.2, 0.25) is 0 Å². The van der Waals surface area contributed by atoms with E-state index in [2.05, 4.69) is 19.2 Å². The summed E-state index contributed by atoms with van der Waals surface area (Å²) in [6, 6.07) is 0.520. The fourth-order valence-corrected chi connectivity index (χ4v) is 5.08. The van der Waals surface area contributed by atoms with Gasteiger partial charge in [-0.15, -0.1) is 0 Å². The number of hydrogen-bond acceptors (Lipinski definition) is 3. The van der Waals surface area contributed by atoms with Gasteiger partial charge in [0.15, 0.2) is 0 Å². The van der Waals surface area contributed by atoms with Crippen LogP contribution in [0.1, 0.15) is 71.6 Å². The lowest BCUT2D eigenvalue weighted by molar-refractivity contribution is -0.163. The second kappa shape index (κ2) is 6.55. The Hall–Kier alpha value is -0.120. The Kier molecular flexibility index (Phi) is 4.92. The minimum absolute atomic E-state index is 0.0949. The van der Waals surface area contributed by atoms with Crippen molar-refractivity contribution in [3.05, 3.63) is 0 Å². The quantitative estimate of drug-likeness (QED) is 0.811. The maximum atomic E-state index is 6.37. The molecule has 0 amide bonds. The zero-order valence-corrected chi connectivity index (χ0v) is 14.0. The van der Waals surface area contributed by atoms with E-state index in [0.29, 0.717) is 6.04 Å². The summed E-state index contributed by atoms with van der Waals surface area (Å²) in [5.41, 5.74) is 0.334. The van der Waals surface area contributed by atoms with Crippen LogP contribution in [0.5, 0.6) is 0 Å². The third kappa shape index (κ3) is 3.02. The molecule has 1 aliphatic heterocycles. The molecule has 3 nitrogen and oxygen atoms in total. The maximum Gasteiger partial charge on any atom is 0.0837 e. The highest BCUT2D eigenvalue weighted by molar-refractivity contribution is 5.04. The highest BCUT2D eigenvalue weighted by Crippen LogP contribution is 2.48. The van der Waals surface area contributed by atoms with Gasteiger partial charge in [-0.1, -0.05) is 19.8 Å². The molecule has 122 valence electrons. The minimum Gasteiger partial charge on any atom is -0.375 e. The SMILES string of the molecule is CCNC(C1CCOC2(CCC2)C1)C1(OCC)CCCC1. The summed E-state index contributed by atoms with van der Waals surface area (Å²) in [6.45, 7) is 7.23. The Morgan fingerprint density at radius 2 is 1.90 bits per heavy atom. The maximum absolute atomic E-state index is 6.37. The summed E-state index contributed by atoms with van der Waals surface area (Å²) in [5.74, 6) is 0.726. The molecule has 2 unspecified atom stereocenters. The summed E-state index contributed by atoms with van der Waals surface area (Å²) in [5, 5.41) is 3.83. The van der Waals surface area contributed by atoms with Crippen LogP contribution >= 0.6 is 0 Å². The van der Waals surface area contributed by atoms with Gasteiger partial charge in [-0.3, -0.25) is 0 Å². The Morgan fingerprint density at radius 3 is 2.48 bits per heavy atom. The van der Waals surface area contributed by atoms with E-state index in [1.54, 1.807) is 0 Å². The number of rotatable bonds is 6. The first kappa shape index (κ1) is 15.8. The van der Waals surface area contributed by atoms with E-state index in [4.69, 9.17) is 9.47 Å². The van der Waals surface area contributed by atoms with E-state index in [1.807, 2.05) is 0 Å². The van der Waals surface area contributed by atoms with Crippen LogP contribution in [0.25, 0.3) is 0 Å². The van der Waals surface area contributed by atoms with Gasteiger partial charge in [-0.25, -0.2) is 0 Å². The first-order chi connectivity index (χ1) is 10.2. The zero-order valence-electron chi connectivity index (χ0n) is 14.0. The molecule has 0 aromatic carbocycles. The van der Waals surface area contributed by atoms with Gasteiger partial charge in [-0.05, 0) is 64.3 Å². The molecular weight excluding hydrogens is 262 g/mol. The zero-order chi connectivity index (χ0) is 14.8. The van der Waals surface area contributed by atoms with E-state index in [9.17, 15) is 0 Å². The van der Waals surface area contributed by atoms with Crippen molar-refractivity contribution >= 4 is 0 Å². The van der Waals surface area contributed by atoms with Crippen molar-refractivity contribution in [1.82, 2.24) is 5.32 Å². The molecule has 2 saturated carbocycles. The minimum atomic E-state index is 0.0949. The van der Waals surface area contributed by atoms with Crippen molar-refractivity contribution in [3.8, 4) is 0 Å². The molecule has 1 saturated heterocycles. The van der Waals surface area contributed by atoms with Crippen molar-refractivity contribution < 1.29 is 9.47 Å². The lowest BCUT2D eigenvalue weighted by atomic mass is 9.68. The molecule has 0 aromatic rings. The Balaban J connectivity index is 1.76. The smallest absolute Gasteiger partial charge is 0.0837 e. The van der Waals surface area contributed by atoms with Gasteiger partial charge in [0.2, 0.25) is 0 Å². The third-order valence-electron chi connectivity index (χ3n) is 6.14. The molecule has 0 radical (unpaired) electrons. The largest absolute Gasteiger partial charge is 0.375 e. The van der Waals surface area contributed by atoms with Crippen molar-refractivity contribution in [3.63, 3.8) is 0 Å². The van der Waals surface area contributed by atoms with Gasteiger partial charge < -0.3 is 14.8 Å². The fourth-order valence-electron chi connectivity index (χ4n) is 5.08. The molecular formula is C18H33NO2. The van der Waals surface area contributed by atoms with Crippen molar-refractivity contribution in [2.45, 2.75) is 88.9 Å². The van der Waals surface area contributed by atoms with E-state index in [-0.39, 0.29) is 11.2 Å². The van der Waals surface area contributed by atoms with E-state index in [0.717, 1.165) is 25.7 Å². The van der Waals surface area contributed by atoms with Crippen molar-refractivity contribution in [2.75, 3.05) is 19.8 Å². The lowest BCUT2D eigenvalue weighted by Crippen LogP contribution is -2.59. The summed E-state index contributed by atoms with van der Waals surface area (Å²) < 4.78 is 12.5. The van der Waals surface area contributed by atoms with Gasteiger partial charge in [0.1, 0.15) is 0 Å². The second-order valence-electron chi connectivity index (χ2n) is 7.38. The van der Waals surface area contributed by atoms with Crippen molar-refractivity contribution in [2.24, 2.45) is 5.92 Å². The summed E-state index contributed by atoms with van der Waals surface area (Å²) in [6.07, 6.45) is 11.5. The van der Waals surface area contributed by atoms with Crippen LogP contribution < -0.4 is 5.32 Å². The van der Waals surface area contributed by atoms with Crippen LogP contribution in [0.4, 0.5) is 0 Å². The molecule has 0 aromatic heterocycles. The molecule has 3 aliphatic rings. The summed E-state index contributed by atoms with van der Waals surface area (Å²) in [4.78, 5) is 0. The van der Waals surface area contributed by atoms with E-state index >= 15 is 0 Å². The standard InChI is InChI=1S/C18H33NO2/c1-3-19-16(18(20-4-2)11-5-6-12-18)15-8-13-21-17(14-15)9-7-10-17/h15-16,19H,3-14H2,1-2H3. The van der Waals surface area contributed by atoms with Gasteiger partial charge in [0, 0.05) is 19.3 Å². The molecule has 3 fully saturated rings. The van der Waals surface area contributed by atoms with Crippen LogP contribution in [0, 0.1) is 5.92 Å². The molecule has 0 bridgehead atoms. The average molecular weight is 295 g/mol. The third-order valence-corrected chi connectivity index (χ3v) is 6.14. The topological polar surface area (TPSA) is 30.5 Å². The predicted molar refractivity (Wildman–Crippen MR) is 85.5 cm³/mol. The van der Waals surface area contributed by atoms with Gasteiger partial charge in [0.05, 0.1) is 11.2 Å². The van der Waals surface area contributed by atoms with Crippen molar-refractivity contribution in [1.29, 1.82) is 0 Å². The molecule has 1 spiro atoms. The van der Waals surface area contributed by atoms with Crippen LogP contribution in [0.15, 0.2) is 0 Å². The van der Waals surface area contributed by atoms with Crippen LogP contribution in [-0.2, 0) is 9.47 Å². The Morgan fingerprint density at radius 1 is 1.14 bits per heavy atom. The number of ether oxygens (including phenoxy) is 2. The molecule has 21 heavy (non-hydrogen) atoms. The van der Waals surface area contributed by atoms with Crippen LogP contribution in [0.3, 0.4) is 0 Å². The molecule has 1 N–H and O–H groups in total. The number of hydrogen-bond donors (Lipinski definition) is 1. The molecule has 2 atom stereocenters. The van der Waals surface area contributed by atoms with E-state index < -0.39 is 0 Å². The molecule has 2 aliphatic carbocycles. The monoisotopic (exact) mass is 295 g/mol. The highest BCUT2D eigenvalue weighted by atomic mass is 16.5. The second-order valence-corrected chi connectivity index (χ2v) is 7.38. The average Bonchev–Trinajstić information content (AvgIpc) is 2.93. The first-order valence-corrected chi connectivity index (χ1v) is 9.25. The van der Waals surface area contributed by atoms with Gasteiger partial charge >= 0.3 is 0 Å². The normalized spacial score (nSPS) is 32.0. The first-order valence-electron chi connectivity index (χ1n) is 9.25. The summed E-state index contributed by atoms with van der Waals surface area (Å²) in [7, 11) is 0. The van der Waals surface area contributed by atoms with Gasteiger partial charge in [0.25, 0.3) is 0 Å². The molecule has 1 heterocycles. The highest BCUT2D eigenvalue weighted by Gasteiger charge is 2.50. The Labute approximate surface area is 130 Å². The predicted octanol–water partition coefficient (Wildman–Crippen LogP) is 3.66. The van der Waals surface area contributed by atoms with Crippen LogP contribution in [-0.4, -0.2) is 37.0 Å². The molecule has 3 heteroatoms. The molecule has 3 rings (SSSR count). The number of likely N-dealkylation sites (N-methyl/N-ethyl adjacent to an activating group) is 1. The van der Waals surface area contributed by atoms with Gasteiger partial charge in [-0.2, -0.15) is 0 Å². The van der Waals surface area contributed by atoms with E-state index in [1.165, 1.54) is 57.8 Å². The summed E-state index contributed by atoms with van der Waals surface area (Å²) >= 11 is 0. The number of nitrogens with one attached hydrogen (secondary N) is 1.